The predicted molar refractivity (Wildman–Crippen MR) is 79.7 cm³/mol. The second kappa shape index (κ2) is 5.20. The monoisotopic (exact) mass is 289 g/mol. The molecule has 2 amide bonds. The van der Waals surface area contributed by atoms with Crippen LogP contribution in [0.3, 0.4) is 0 Å². The molecular weight excluding hydrogens is 274 g/mol. The molecule has 1 aromatic carbocycles. The molecule has 1 fully saturated rings. The number of rotatable bonds is 3. The first-order valence-corrected chi connectivity index (χ1v) is 7.09. The lowest BCUT2D eigenvalue weighted by atomic mass is 10.0. The number of carbonyl (C=O) groups excluding carboxylic acids is 2. The van der Waals surface area contributed by atoms with Gasteiger partial charge in [-0.1, -0.05) is 18.2 Å². The summed E-state index contributed by atoms with van der Waals surface area (Å²) in [6.45, 7) is 0. The molecule has 0 spiro atoms. The van der Waals surface area contributed by atoms with Crippen molar-refractivity contribution in [2.45, 2.75) is 18.5 Å². The number of hydrogen-bond donors (Lipinski definition) is 4. The lowest BCUT2D eigenvalue weighted by molar-refractivity contribution is -0.136. The second-order valence-corrected chi connectivity index (χ2v) is 5.23. The van der Waals surface area contributed by atoms with E-state index in [0.29, 0.717) is 12.2 Å². The van der Waals surface area contributed by atoms with Gasteiger partial charge < -0.3 is 15.6 Å². The summed E-state index contributed by atoms with van der Waals surface area (Å²) >= 11 is 4.05. The number of nitrogens with one attached hydrogen (secondary N) is 3. The van der Waals surface area contributed by atoms with Gasteiger partial charge in [0.15, 0.2) is 0 Å². The number of para-hydroxylation sites is 1. The van der Waals surface area contributed by atoms with Crippen molar-refractivity contribution in [3.05, 3.63) is 36.0 Å². The molecular formula is C14H15N3O2S. The van der Waals surface area contributed by atoms with Crippen molar-refractivity contribution in [3.63, 3.8) is 0 Å². The standard InChI is InChI=1S/C14H15N3O2S/c18-13-11(16-14(19)12(7-20)17-13)5-8-6-15-10-4-2-1-3-9(8)10/h1-4,6,11-12,15,20H,5,7H2,(H,16,19)(H,17,18)/t11?,12-/m0/s1. The molecule has 3 N–H and O–H groups in total. The van der Waals surface area contributed by atoms with Gasteiger partial charge in [0.2, 0.25) is 11.8 Å². The minimum absolute atomic E-state index is 0.158. The molecule has 1 aliphatic heterocycles. The number of aromatic amines is 1. The zero-order chi connectivity index (χ0) is 14.1. The summed E-state index contributed by atoms with van der Waals surface area (Å²) in [6, 6.07) is 6.82. The van der Waals surface area contributed by atoms with Gasteiger partial charge >= 0.3 is 0 Å². The Bertz CT molecular complexity index is 667. The van der Waals surface area contributed by atoms with Gasteiger partial charge in [-0.25, -0.2) is 0 Å². The quantitative estimate of drug-likeness (QED) is 0.626. The second-order valence-electron chi connectivity index (χ2n) is 4.87. The third-order valence-electron chi connectivity index (χ3n) is 3.55. The van der Waals surface area contributed by atoms with Crippen LogP contribution in [0.4, 0.5) is 0 Å². The molecule has 1 aliphatic rings. The summed E-state index contributed by atoms with van der Waals surface area (Å²) < 4.78 is 0. The Morgan fingerprint density at radius 2 is 1.75 bits per heavy atom. The molecule has 6 heteroatoms. The Morgan fingerprint density at radius 1 is 1.05 bits per heavy atom. The van der Waals surface area contributed by atoms with Crippen molar-refractivity contribution in [1.82, 2.24) is 15.6 Å². The molecule has 0 aliphatic carbocycles. The maximum Gasteiger partial charge on any atom is 0.244 e. The number of benzene rings is 1. The molecule has 2 aromatic rings. The summed E-state index contributed by atoms with van der Waals surface area (Å²) in [5.74, 6) is -0.0319. The van der Waals surface area contributed by atoms with Crippen LogP contribution in [0.2, 0.25) is 0 Å². The third-order valence-corrected chi connectivity index (χ3v) is 3.91. The summed E-state index contributed by atoms with van der Waals surface area (Å²) in [4.78, 5) is 27.0. The van der Waals surface area contributed by atoms with Crippen LogP contribution < -0.4 is 10.6 Å². The Hall–Kier alpha value is -1.95. The van der Waals surface area contributed by atoms with Gasteiger partial charge in [0.25, 0.3) is 0 Å². The van der Waals surface area contributed by atoms with Crippen LogP contribution in [0.25, 0.3) is 10.9 Å². The van der Waals surface area contributed by atoms with Crippen molar-refractivity contribution < 1.29 is 9.59 Å². The number of fused-ring (bicyclic) bond motifs is 1. The normalized spacial score (nSPS) is 22.6. The third kappa shape index (κ3) is 2.27. The van der Waals surface area contributed by atoms with Gasteiger partial charge in [0.05, 0.1) is 0 Å². The average molecular weight is 289 g/mol. The topological polar surface area (TPSA) is 74.0 Å². The lowest BCUT2D eigenvalue weighted by Crippen LogP contribution is -2.62. The van der Waals surface area contributed by atoms with E-state index in [9.17, 15) is 9.59 Å². The van der Waals surface area contributed by atoms with E-state index in [-0.39, 0.29) is 11.8 Å². The fourth-order valence-electron chi connectivity index (χ4n) is 2.47. The van der Waals surface area contributed by atoms with E-state index >= 15 is 0 Å². The molecule has 1 aromatic heterocycles. The summed E-state index contributed by atoms with van der Waals surface area (Å²) in [5, 5.41) is 6.52. The largest absolute Gasteiger partial charge is 0.361 e. The van der Waals surface area contributed by atoms with E-state index in [1.54, 1.807) is 0 Å². The molecule has 2 atom stereocenters. The van der Waals surface area contributed by atoms with E-state index in [0.717, 1.165) is 16.5 Å². The summed E-state index contributed by atoms with van der Waals surface area (Å²) in [6.07, 6.45) is 2.36. The van der Waals surface area contributed by atoms with Crippen LogP contribution in [-0.2, 0) is 16.0 Å². The van der Waals surface area contributed by atoms with Crippen LogP contribution >= 0.6 is 12.6 Å². The number of thiol groups is 1. The first-order chi connectivity index (χ1) is 9.69. The number of hydrogen-bond acceptors (Lipinski definition) is 3. The Balaban J connectivity index is 1.81. The molecule has 0 saturated carbocycles. The predicted octanol–water partition coefficient (Wildman–Crippen LogP) is 0.623. The van der Waals surface area contributed by atoms with Gasteiger partial charge in [0.1, 0.15) is 12.1 Å². The van der Waals surface area contributed by atoms with Crippen LogP contribution in [0.1, 0.15) is 5.56 Å². The lowest BCUT2D eigenvalue weighted by Gasteiger charge is -2.28. The molecule has 1 unspecified atom stereocenters. The molecule has 3 rings (SSSR count). The Morgan fingerprint density at radius 3 is 2.55 bits per heavy atom. The number of amides is 2. The SMILES string of the molecule is O=C1N[C@@H](CS)C(=O)NC1Cc1c[nH]c2ccccc12. The Kier molecular flexibility index (Phi) is 3.40. The van der Waals surface area contributed by atoms with Crippen LogP contribution in [-0.4, -0.2) is 34.6 Å². The maximum absolute atomic E-state index is 12.0. The molecule has 104 valence electrons. The first kappa shape index (κ1) is 13.1. The van der Waals surface area contributed by atoms with Crippen LogP contribution in [0.15, 0.2) is 30.5 Å². The summed E-state index contributed by atoms with van der Waals surface area (Å²) in [7, 11) is 0. The highest BCUT2D eigenvalue weighted by atomic mass is 32.1. The van der Waals surface area contributed by atoms with Crippen molar-refractivity contribution in [2.24, 2.45) is 0 Å². The molecule has 0 radical (unpaired) electrons. The fourth-order valence-corrected chi connectivity index (χ4v) is 2.73. The summed E-state index contributed by atoms with van der Waals surface area (Å²) in [5.41, 5.74) is 2.05. The minimum Gasteiger partial charge on any atom is -0.361 e. The first-order valence-electron chi connectivity index (χ1n) is 6.45. The van der Waals surface area contributed by atoms with E-state index in [1.165, 1.54) is 0 Å². The van der Waals surface area contributed by atoms with Crippen LogP contribution in [0.5, 0.6) is 0 Å². The molecule has 5 nitrogen and oxygen atoms in total. The van der Waals surface area contributed by atoms with Gasteiger partial charge in [0, 0.05) is 29.3 Å². The van der Waals surface area contributed by atoms with Gasteiger partial charge in [-0.15, -0.1) is 0 Å². The Labute approximate surface area is 121 Å². The van der Waals surface area contributed by atoms with Crippen molar-refractivity contribution in [1.29, 1.82) is 0 Å². The molecule has 1 saturated heterocycles. The van der Waals surface area contributed by atoms with Gasteiger partial charge in [-0.2, -0.15) is 12.6 Å². The van der Waals surface area contributed by atoms with Crippen molar-refractivity contribution >= 4 is 35.3 Å². The molecule has 2 heterocycles. The number of carbonyl (C=O) groups is 2. The zero-order valence-electron chi connectivity index (χ0n) is 10.7. The van der Waals surface area contributed by atoms with Crippen molar-refractivity contribution in [3.8, 4) is 0 Å². The van der Waals surface area contributed by atoms with Crippen LogP contribution in [0, 0.1) is 0 Å². The highest BCUT2D eigenvalue weighted by Gasteiger charge is 2.33. The smallest absolute Gasteiger partial charge is 0.244 e. The van der Waals surface area contributed by atoms with Crippen molar-refractivity contribution in [2.75, 3.05) is 5.75 Å². The number of H-pyrrole nitrogens is 1. The highest BCUT2D eigenvalue weighted by Crippen LogP contribution is 2.19. The van der Waals surface area contributed by atoms with E-state index in [2.05, 4.69) is 28.2 Å². The van der Waals surface area contributed by atoms with Gasteiger partial charge in [-0.3, -0.25) is 9.59 Å². The number of aromatic nitrogens is 1. The zero-order valence-corrected chi connectivity index (χ0v) is 11.6. The minimum atomic E-state index is -0.537. The van der Waals surface area contributed by atoms with E-state index < -0.39 is 12.1 Å². The fraction of sp³-hybridized carbons (Fsp3) is 0.286. The molecule has 0 bridgehead atoms. The van der Waals surface area contributed by atoms with E-state index in [4.69, 9.17) is 0 Å². The van der Waals surface area contributed by atoms with E-state index in [1.807, 2.05) is 30.5 Å². The maximum atomic E-state index is 12.0. The number of piperazine rings is 1. The molecule has 20 heavy (non-hydrogen) atoms. The average Bonchev–Trinajstić information content (AvgIpc) is 2.86. The highest BCUT2D eigenvalue weighted by molar-refractivity contribution is 7.80. The van der Waals surface area contributed by atoms with Gasteiger partial charge in [-0.05, 0) is 11.6 Å².